The van der Waals surface area contributed by atoms with E-state index in [0.29, 0.717) is 36.0 Å². The van der Waals surface area contributed by atoms with Crippen LogP contribution < -0.4 is 4.90 Å². The largest absolute Gasteiger partial charge is 0.457 e. The lowest BCUT2D eigenvalue weighted by Gasteiger charge is -2.47. The van der Waals surface area contributed by atoms with Crippen molar-refractivity contribution in [1.29, 1.82) is 0 Å². The molecule has 1 fully saturated rings. The maximum atomic E-state index is 14.7. The van der Waals surface area contributed by atoms with Crippen molar-refractivity contribution in [2.75, 3.05) is 4.90 Å². The second-order valence-electron chi connectivity index (χ2n) is 9.43. The number of esters is 1. The third-order valence-corrected chi connectivity index (χ3v) is 7.26. The first-order valence-corrected chi connectivity index (χ1v) is 11.7. The molecule has 3 aromatic rings. The third kappa shape index (κ3) is 3.95. The van der Waals surface area contributed by atoms with Crippen molar-refractivity contribution in [3.8, 4) is 0 Å². The van der Waals surface area contributed by atoms with E-state index in [4.69, 9.17) is 4.74 Å². The van der Waals surface area contributed by atoms with E-state index in [-0.39, 0.29) is 18.0 Å². The van der Waals surface area contributed by atoms with E-state index in [2.05, 4.69) is 0 Å². The van der Waals surface area contributed by atoms with Crippen LogP contribution in [0.4, 0.5) is 24.5 Å². The summed E-state index contributed by atoms with van der Waals surface area (Å²) in [7, 11) is 0. The first-order valence-electron chi connectivity index (χ1n) is 11.7. The van der Waals surface area contributed by atoms with Crippen LogP contribution in [0.15, 0.2) is 78.9 Å². The number of nitrogens with zero attached hydrogens (tertiary/aromatic N) is 1. The van der Waals surface area contributed by atoms with Crippen LogP contribution in [0.2, 0.25) is 0 Å². The van der Waals surface area contributed by atoms with Crippen LogP contribution in [-0.2, 0) is 21.6 Å². The predicted molar refractivity (Wildman–Crippen MR) is 127 cm³/mol. The van der Waals surface area contributed by atoms with Gasteiger partial charge in [0.25, 0.3) is 5.91 Å². The molecule has 8 heteroatoms. The number of alkyl halides is 3. The minimum absolute atomic E-state index is 0.0422. The number of carbonyl (C=O) groups is 2. The van der Waals surface area contributed by atoms with E-state index >= 15 is 0 Å². The molecule has 1 unspecified atom stereocenters. The van der Waals surface area contributed by atoms with Crippen molar-refractivity contribution < 1.29 is 32.6 Å². The van der Waals surface area contributed by atoms with Gasteiger partial charge in [-0.25, -0.2) is 4.79 Å². The van der Waals surface area contributed by atoms with Gasteiger partial charge in [-0.05, 0) is 54.2 Å². The summed E-state index contributed by atoms with van der Waals surface area (Å²) >= 11 is 0. The van der Waals surface area contributed by atoms with Gasteiger partial charge in [-0.3, -0.25) is 9.69 Å². The SMILES string of the molecule is O=C1OCc2cc(N(C(=O)C(O)(CC3(c4ccccc4)CCC3)C(F)(F)F)c3ccccc3)ccc21. The molecule has 0 aromatic heterocycles. The van der Waals surface area contributed by atoms with Gasteiger partial charge >= 0.3 is 12.1 Å². The molecule has 1 aliphatic heterocycles. The van der Waals surface area contributed by atoms with E-state index in [1.807, 2.05) is 0 Å². The van der Waals surface area contributed by atoms with Crippen LogP contribution in [0.3, 0.4) is 0 Å². The summed E-state index contributed by atoms with van der Waals surface area (Å²) in [6, 6.07) is 20.9. The summed E-state index contributed by atoms with van der Waals surface area (Å²) in [6.07, 6.45) is -4.44. The number of fused-ring (bicyclic) bond motifs is 1. The van der Waals surface area contributed by atoms with Gasteiger partial charge < -0.3 is 9.84 Å². The minimum Gasteiger partial charge on any atom is -0.457 e. The van der Waals surface area contributed by atoms with Crippen molar-refractivity contribution in [2.45, 2.75) is 49.5 Å². The fraction of sp³-hybridized carbons (Fsp3) is 0.286. The average Bonchev–Trinajstić information content (AvgIpc) is 3.22. The topological polar surface area (TPSA) is 66.8 Å². The Bertz CT molecular complexity index is 1290. The molecule has 3 aromatic carbocycles. The molecule has 1 saturated carbocycles. The maximum absolute atomic E-state index is 14.7. The number of hydrogen-bond donors (Lipinski definition) is 1. The number of rotatable bonds is 6. The summed E-state index contributed by atoms with van der Waals surface area (Å²) in [5, 5.41) is 11.3. The molecule has 1 atom stereocenters. The monoisotopic (exact) mass is 495 g/mol. The van der Waals surface area contributed by atoms with Gasteiger partial charge in [-0.1, -0.05) is 55.0 Å². The first-order chi connectivity index (χ1) is 17.1. The number of hydrogen-bond acceptors (Lipinski definition) is 4. The molecule has 1 aliphatic carbocycles. The molecule has 1 N–H and O–H groups in total. The number of carbonyl (C=O) groups excluding carboxylic acids is 2. The zero-order chi connectivity index (χ0) is 25.6. The number of anilines is 2. The Morgan fingerprint density at radius 1 is 0.944 bits per heavy atom. The van der Waals surface area contributed by atoms with E-state index in [0.717, 1.165) is 4.90 Å². The second kappa shape index (κ2) is 8.78. The van der Waals surface area contributed by atoms with Gasteiger partial charge in [0, 0.05) is 23.4 Å². The van der Waals surface area contributed by atoms with Crippen LogP contribution in [-0.4, -0.2) is 28.8 Å². The minimum atomic E-state index is -5.23. The van der Waals surface area contributed by atoms with Crippen molar-refractivity contribution in [3.63, 3.8) is 0 Å². The average molecular weight is 495 g/mol. The lowest BCUT2D eigenvalue weighted by Crippen LogP contribution is -2.61. The molecule has 36 heavy (non-hydrogen) atoms. The molecule has 5 nitrogen and oxygen atoms in total. The smallest absolute Gasteiger partial charge is 0.426 e. The number of aliphatic hydroxyl groups is 1. The Kier molecular flexibility index (Phi) is 5.87. The van der Waals surface area contributed by atoms with Crippen LogP contribution in [0.5, 0.6) is 0 Å². The molecule has 5 rings (SSSR count). The molecule has 0 spiro atoms. The van der Waals surface area contributed by atoms with E-state index < -0.39 is 35.5 Å². The van der Waals surface area contributed by atoms with Gasteiger partial charge in [0.15, 0.2) is 0 Å². The fourth-order valence-electron chi connectivity index (χ4n) is 5.15. The number of cyclic esters (lactones) is 1. The Morgan fingerprint density at radius 3 is 2.17 bits per heavy atom. The molecular weight excluding hydrogens is 471 g/mol. The summed E-state index contributed by atoms with van der Waals surface area (Å²) in [4.78, 5) is 26.6. The van der Waals surface area contributed by atoms with Crippen molar-refractivity contribution >= 4 is 23.3 Å². The molecule has 186 valence electrons. The van der Waals surface area contributed by atoms with Gasteiger partial charge in [0.05, 0.1) is 5.56 Å². The number of para-hydroxylation sites is 1. The lowest BCUT2D eigenvalue weighted by molar-refractivity contribution is -0.258. The first kappa shape index (κ1) is 24.1. The molecule has 1 amide bonds. The summed E-state index contributed by atoms with van der Waals surface area (Å²) < 4.78 is 49.0. The summed E-state index contributed by atoms with van der Waals surface area (Å²) in [5.74, 6) is -2.02. The Morgan fingerprint density at radius 2 is 1.58 bits per heavy atom. The van der Waals surface area contributed by atoms with Crippen LogP contribution in [0.25, 0.3) is 0 Å². The van der Waals surface area contributed by atoms with Crippen LogP contribution in [0, 0.1) is 0 Å². The molecule has 0 radical (unpaired) electrons. The van der Waals surface area contributed by atoms with E-state index in [1.165, 1.54) is 30.3 Å². The quantitative estimate of drug-likeness (QED) is 0.437. The summed E-state index contributed by atoms with van der Waals surface area (Å²) in [6.45, 7) is -0.0422. The Labute approximate surface area is 206 Å². The highest BCUT2D eigenvalue weighted by atomic mass is 19.4. The van der Waals surface area contributed by atoms with Gasteiger partial charge in [-0.15, -0.1) is 0 Å². The van der Waals surface area contributed by atoms with E-state index in [1.54, 1.807) is 48.5 Å². The molecule has 0 saturated heterocycles. The van der Waals surface area contributed by atoms with E-state index in [9.17, 15) is 27.9 Å². The number of benzene rings is 3. The molecule has 1 heterocycles. The van der Waals surface area contributed by atoms with Crippen LogP contribution >= 0.6 is 0 Å². The van der Waals surface area contributed by atoms with Gasteiger partial charge in [-0.2, -0.15) is 13.2 Å². The fourth-order valence-corrected chi connectivity index (χ4v) is 5.15. The maximum Gasteiger partial charge on any atom is 0.426 e. The normalized spacial score (nSPS) is 17.9. The number of halogens is 3. The number of ether oxygens (including phenoxy) is 1. The summed E-state index contributed by atoms with van der Waals surface area (Å²) in [5.41, 5.74) is -2.92. The Balaban J connectivity index is 1.61. The van der Waals surface area contributed by atoms with Crippen molar-refractivity contribution in [2.24, 2.45) is 0 Å². The highest BCUT2D eigenvalue weighted by Gasteiger charge is 2.64. The Hall–Kier alpha value is -3.65. The van der Waals surface area contributed by atoms with Crippen molar-refractivity contribution in [1.82, 2.24) is 0 Å². The molecule has 2 aliphatic rings. The van der Waals surface area contributed by atoms with Gasteiger partial charge in [0.2, 0.25) is 5.60 Å². The number of amides is 1. The highest BCUT2D eigenvalue weighted by molar-refractivity contribution is 6.06. The zero-order valence-corrected chi connectivity index (χ0v) is 19.3. The lowest BCUT2D eigenvalue weighted by atomic mass is 9.59. The molecular formula is C28H24F3NO4. The molecule has 0 bridgehead atoms. The van der Waals surface area contributed by atoms with Crippen LogP contribution in [0.1, 0.15) is 47.2 Å². The second-order valence-corrected chi connectivity index (χ2v) is 9.43. The standard InChI is InChI=1S/C28H24F3NO4/c29-28(30,31)27(35,18-26(14-7-15-26)20-8-3-1-4-9-20)25(34)32(21-10-5-2-6-11-21)22-12-13-23-19(16-22)17-36-24(23)33/h1-6,8-13,16,35H,7,14-15,17-18H2. The third-order valence-electron chi connectivity index (χ3n) is 7.26. The zero-order valence-electron chi connectivity index (χ0n) is 19.3. The van der Waals surface area contributed by atoms with Gasteiger partial charge in [0.1, 0.15) is 6.61 Å². The van der Waals surface area contributed by atoms with Crippen molar-refractivity contribution in [3.05, 3.63) is 95.6 Å². The predicted octanol–water partition coefficient (Wildman–Crippen LogP) is 5.83. The highest BCUT2D eigenvalue weighted by Crippen LogP contribution is 2.53.